The minimum absolute atomic E-state index is 0.218. The van der Waals surface area contributed by atoms with Crippen LogP contribution in [0.15, 0.2) is 46.9 Å². The maximum absolute atomic E-state index is 13.5. The van der Waals surface area contributed by atoms with Crippen LogP contribution < -0.4 is 4.74 Å². The molecule has 0 unspecified atom stereocenters. The van der Waals surface area contributed by atoms with E-state index in [1.165, 1.54) is 6.07 Å². The Bertz CT molecular complexity index is 543. The van der Waals surface area contributed by atoms with Gasteiger partial charge in [0.1, 0.15) is 18.2 Å². The fourth-order valence-corrected chi connectivity index (χ4v) is 2.44. The normalized spacial score (nSPS) is 10.4. The van der Waals surface area contributed by atoms with E-state index in [2.05, 4.69) is 31.9 Å². The fourth-order valence-electron chi connectivity index (χ4n) is 1.56. The second-order valence-electron chi connectivity index (χ2n) is 3.77. The van der Waals surface area contributed by atoms with Crippen LogP contribution in [0.25, 0.3) is 0 Å². The average molecular weight is 374 g/mol. The van der Waals surface area contributed by atoms with Crippen LogP contribution >= 0.6 is 31.9 Å². The number of ether oxygens (including phenoxy) is 1. The molecule has 0 aliphatic rings. The summed E-state index contributed by atoms with van der Waals surface area (Å²) in [5, 5.41) is 0.712. The topological polar surface area (TPSA) is 9.23 Å². The van der Waals surface area contributed by atoms with Crippen LogP contribution in [0.4, 0.5) is 4.39 Å². The maximum atomic E-state index is 13.5. The van der Waals surface area contributed by atoms with Gasteiger partial charge in [-0.3, -0.25) is 0 Å². The molecule has 2 aromatic carbocycles. The zero-order valence-corrected chi connectivity index (χ0v) is 12.7. The first kappa shape index (κ1) is 13.6. The highest BCUT2D eigenvalue weighted by molar-refractivity contribution is 9.10. The van der Waals surface area contributed by atoms with Crippen LogP contribution in [-0.2, 0) is 11.9 Å². The van der Waals surface area contributed by atoms with Gasteiger partial charge in [0.15, 0.2) is 0 Å². The Morgan fingerprint density at radius 3 is 2.61 bits per heavy atom. The van der Waals surface area contributed by atoms with Gasteiger partial charge in [-0.2, -0.15) is 0 Å². The second-order valence-corrected chi connectivity index (χ2v) is 5.24. The molecule has 0 N–H and O–H groups in total. The lowest BCUT2D eigenvalue weighted by atomic mass is 10.2. The average Bonchev–Trinajstić information content (AvgIpc) is 2.40. The first-order chi connectivity index (χ1) is 8.70. The Morgan fingerprint density at radius 2 is 1.83 bits per heavy atom. The van der Waals surface area contributed by atoms with Crippen molar-refractivity contribution in [2.45, 2.75) is 11.9 Å². The SMILES string of the molecule is Fc1ccc(Br)cc1COc1ccccc1CBr. The summed E-state index contributed by atoms with van der Waals surface area (Å²) in [7, 11) is 0. The number of alkyl halides is 1. The number of benzene rings is 2. The molecule has 0 radical (unpaired) electrons. The molecule has 2 rings (SSSR count). The molecule has 4 heteroatoms. The molecule has 0 fully saturated rings. The van der Waals surface area contributed by atoms with Gasteiger partial charge < -0.3 is 4.74 Å². The third kappa shape index (κ3) is 3.33. The summed E-state index contributed by atoms with van der Waals surface area (Å²) in [5.74, 6) is 0.517. The minimum atomic E-state index is -0.255. The van der Waals surface area contributed by atoms with E-state index in [-0.39, 0.29) is 12.4 Å². The van der Waals surface area contributed by atoms with Crippen LogP contribution in [0.1, 0.15) is 11.1 Å². The molecule has 2 aromatic rings. The van der Waals surface area contributed by atoms with Gasteiger partial charge in [-0.25, -0.2) is 4.39 Å². The zero-order valence-electron chi connectivity index (χ0n) is 9.50. The van der Waals surface area contributed by atoms with Gasteiger partial charge in [0.25, 0.3) is 0 Å². The van der Waals surface area contributed by atoms with Gasteiger partial charge in [-0.05, 0) is 24.3 Å². The highest BCUT2D eigenvalue weighted by Gasteiger charge is 2.06. The van der Waals surface area contributed by atoms with E-state index in [4.69, 9.17) is 4.74 Å². The van der Waals surface area contributed by atoms with E-state index in [1.807, 2.05) is 24.3 Å². The lowest BCUT2D eigenvalue weighted by Crippen LogP contribution is -2.00. The molecule has 0 aromatic heterocycles. The second kappa shape index (κ2) is 6.34. The largest absolute Gasteiger partial charge is 0.488 e. The van der Waals surface area contributed by atoms with Crippen molar-refractivity contribution in [1.29, 1.82) is 0 Å². The zero-order chi connectivity index (χ0) is 13.0. The van der Waals surface area contributed by atoms with E-state index < -0.39 is 0 Å². The molecule has 0 saturated carbocycles. The summed E-state index contributed by atoms with van der Waals surface area (Å²) in [6.45, 7) is 0.218. The summed E-state index contributed by atoms with van der Waals surface area (Å²) in [6.07, 6.45) is 0. The van der Waals surface area contributed by atoms with Crippen molar-refractivity contribution in [3.8, 4) is 5.75 Å². The molecule has 0 saturated heterocycles. The first-order valence-electron chi connectivity index (χ1n) is 5.41. The Labute approximate surface area is 122 Å². The quantitative estimate of drug-likeness (QED) is 0.680. The van der Waals surface area contributed by atoms with Gasteiger partial charge in [-0.1, -0.05) is 50.1 Å². The van der Waals surface area contributed by atoms with Crippen LogP contribution in [0.2, 0.25) is 0 Å². The van der Waals surface area contributed by atoms with Crippen LogP contribution in [-0.4, -0.2) is 0 Å². The van der Waals surface area contributed by atoms with Crippen LogP contribution in [0, 0.1) is 5.82 Å². The summed E-state index contributed by atoms with van der Waals surface area (Å²) in [6, 6.07) is 12.5. The lowest BCUT2D eigenvalue weighted by Gasteiger charge is -2.10. The van der Waals surface area contributed by atoms with Gasteiger partial charge in [-0.15, -0.1) is 0 Å². The van der Waals surface area contributed by atoms with Crippen molar-refractivity contribution in [3.05, 3.63) is 63.9 Å². The molecule has 0 aliphatic heterocycles. The Hall–Kier alpha value is -0.870. The van der Waals surface area contributed by atoms with E-state index >= 15 is 0 Å². The Balaban J connectivity index is 2.14. The predicted octanol–water partition coefficient (Wildman–Crippen LogP) is 5.06. The summed E-state index contributed by atoms with van der Waals surface area (Å²) < 4.78 is 20.0. The van der Waals surface area contributed by atoms with Crippen LogP contribution in [0.3, 0.4) is 0 Å². The van der Waals surface area contributed by atoms with Crippen molar-refractivity contribution in [3.63, 3.8) is 0 Å². The van der Waals surface area contributed by atoms with Crippen molar-refractivity contribution in [1.82, 2.24) is 0 Å². The summed E-state index contributed by atoms with van der Waals surface area (Å²) in [4.78, 5) is 0. The first-order valence-corrected chi connectivity index (χ1v) is 7.32. The van der Waals surface area contributed by atoms with Crippen molar-refractivity contribution < 1.29 is 9.13 Å². The van der Waals surface area contributed by atoms with Crippen LogP contribution in [0.5, 0.6) is 5.75 Å². The van der Waals surface area contributed by atoms with Gasteiger partial charge in [0.2, 0.25) is 0 Å². The molecule has 0 aliphatic carbocycles. The molecular weight excluding hydrogens is 363 g/mol. The molecule has 0 amide bonds. The minimum Gasteiger partial charge on any atom is -0.488 e. The van der Waals surface area contributed by atoms with E-state index in [0.29, 0.717) is 10.9 Å². The van der Waals surface area contributed by atoms with Crippen molar-refractivity contribution in [2.24, 2.45) is 0 Å². The van der Waals surface area contributed by atoms with E-state index in [9.17, 15) is 4.39 Å². The number of hydrogen-bond acceptors (Lipinski definition) is 1. The molecule has 0 bridgehead atoms. The smallest absolute Gasteiger partial charge is 0.129 e. The number of hydrogen-bond donors (Lipinski definition) is 0. The third-order valence-corrected chi connectivity index (χ3v) is 3.60. The highest BCUT2D eigenvalue weighted by atomic mass is 79.9. The molecular formula is C14H11Br2FO. The lowest BCUT2D eigenvalue weighted by molar-refractivity contribution is 0.297. The van der Waals surface area contributed by atoms with E-state index in [1.54, 1.807) is 12.1 Å². The number of para-hydroxylation sites is 1. The fraction of sp³-hybridized carbons (Fsp3) is 0.143. The standard InChI is InChI=1S/C14H11Br2FO/c15-8-10-3-1-2-4-14(10)18-9-11-7-12(16)5-6-13(11)17/h1-7H,8-9H2. The van der Waals surface area contributed by atoms with Gasteiger partial charge in [0, 0.05) is 20.9 Å². The Kier molecular flexibility index (Phi) is 4.78. The molecule has 1 nitrogen and oxygen atoms in total. The molecule has 0 atom stereocenters. The molecule has 18 heavy (non-hydrogen) atoms. The molecule has 0 heterocycles. The maximum Gasteiger partial charge on any atom is 0.129 e. The van der Waals surface area contributed by atoms with Gasteiger partial charge in [0.05, 0.1) is 0 Å². The summed E-state index contributed by atoms with van der Waals surface area (Å²) in [5.41, 5.74) is 1.58. The monoisotopic (exact) mass is 372 g/mol. The van der Waals surface area contributed by atoms with Gasteiger partial charge >= 0.3 is 0 Å². The van der Waals surface area contributed by atoms with Crippen molar-refractivity contribution >= 4 is 31.9 Å². The highest BCUT2D eigenvalue weighted by Crippen LogP contribution is 2.23. The molecule has 94 valence electrons. The van der Waals surface area contributed by atoms with Crippen molar-refractivity contribution in [2.75, 3.05) is 0 Å². The number of halogens is 3. The Morgan fingerprint density at radius 1 is 1.06 bits per heavy atom. The third-order valence-electron chi connectivity index (χ3n) is 2.51. The number of rotatable bonds is 4. The predicted molar refractivity (Wildman–Crippen MR) is 77.5 cm³/mol. The van der Waals surface area contributed by atoms with E-state index in [0.717, 1.165) is 15.8 Å². The summed E-state index contributed by atoms with van der Waals surface area (Å²) >= 11 is 6.72. The molecule has 0 spiro atoms.